The number of esters is 2. The van der Waals surface area contributed by atoms with E-state index in [0.717, 1.165) is 0 Å². The lowest BCUT2D eigenvalue weighted by Crippen LogP contribution is -2.15. The number of nitrogens with one attached hydrogen (secondary N) is 1. The van der Waals surface area contributed by atoms with Crippen molar-refractivity contribution in [3.8, 4) is 17.0 Å². The molecule has 30 heavy (non-hydrogen) atoms. The lowest BCUT2D eigenvalue weighted by molar-refractivity contribution is -0.131. The Morgan fingerprint density at radius 2 is 1.73 bits per heavy atom. The van der Waals surface area contributed by atoms with Crippen molar-refractivity contribution in [2.75, 3.05) is 11.9 Å². The van der Waals surface area contributed by atoms with E-state index < -0.39 is 17.8 Å². The van der Waals surface area contributed by atoms with Gasteiger partial charge in [-0.15, -0.1) is 0 Å². The highest BCUT2D eigenvalue weighted by Crippen LogP contribution is 2.31. The van der Waals surface area contributed by atoms with Gasteiger partial charge in [-0.1, -0.05) is 28.9 Å². The van der Waals surface area contributed by atoms with Crippen LogP contribution in [0.25, 0.3) is 11.3 Å². The second-order valence-corrected chi connectivity index (χ2v) is 6.47. The van der Waals surface area contributed by atoms with Gasteiger partial charge in [-0.05, 0) is 43.3 Å². The van der Waals surface area contributed by atoms with Crippen LogP contribution in [0.3, 0.4) is 0 Å². The van der Waals surface area contributed by atoms with Crippen LogP contribution in [0.4, 0.5) is 5.88 Å². The zero-order chi connectivity index (χ0) is 21.7. The molecule has 154 valence electrons. The summed E-state index contributed by atoms with van der Waals surface area (Å²) in [5.74, 6) is -1.55. The number of halogens is 1. The third kappa shape index (κ3) is 4.84. The van der Waals surface area contributed by atoms with Crippen LogP contribution in [-0.2, 0) is 9.53 Å². The molecule has 8 nitrogen and oxygen atoms in total. The highest BCUT2D eigenvalue weighted by molar-refractivity contribution is 6.30. The fourth-order valence-corrected chi connectivity index (χ4v) is 2.71. The van der Waals surface area contributed by atoms with E-state index in [1.54, 1.807) is 31.2 Å². The number of benzene rings is 2. The first-order chi connectivity index (χ1) is 14.4. The smallest absolute Gasteiger partial charge is 0.346 e. The highest BCUT2D eigenvalue weighted by atomic mass is 35.5. The third-order valence-corrected chi connectivity index (χ3v) is 4.15. The molecule has 0 aliphatic heterocycles. The van der Waals surface area contributed by atoms with Gasteiger partial charge in [0.2, 0.25) is 5.88 Å². The van der Waals surface area contributed by atoms with E-state index in [-0.39, 0.29) is 29.3 Å². The lowest BCUT2D eigenvalue weighted by atomic mass is 10.1. The zero-order valence-electron chi connectivity index (χ0n) is 16.1. The van der Waals surface area contributed by atoms with Gasteiger partial charge in [0, 0.05) is 23.1 Å². The zero-order valence-corrected chi connectivity index (χ0v) is 16.9. The number of amides is 1. The fourth-order valence-electron chi connectivity index (χ4n) is 2.59. The first-order valence-corrected chi connectivity index (χ1v) is 9.29. The molecule has 1 N–H and O–H groups in total. The maximum absolute atomic E-state index is 12.6. The monoisotopic (exact) mass is 428 g/mol. The number of aromatic nitrogens is 1. The van der Waals surface area contributed by atoms with E-state index in [9.17, 15) is 14.4 Å². The van der Waals surface area contributed by atoms with E-state index in [1.807, 2.05) is 0 Å². The van der Waals surface area contributed by atoms with Gasteiger partial charge < -0.3 is 14.0 Å². The molecule has 0 saturated carbocycles. The lowest BCUT2D eigenvalue weighted by Gasteiger charge is -2.06. The minimum absolute atomic E-state index is 0.0101. The van der Waals surface area contributed by atoms with Crippen molar-refractivity contribution < 1.29 is 28.4 Å². The van der Waals surface area contributed by atoms with Crippen LogP contribution in [0, 0.1) is 0 Å². The summed E-state index contributed by atoms with van der Waals surface area (Å²) in [6, 6.07) is 12.5. The molecule has 0 radical (unpaired) electrons. The standard InChI is InChI=1S/C21H17ClN2O6/c1-3-28-21(27)17-18(13-4-8-15(22)9-5-13)24-30-20(17)23-19(26)14-6-10-16(11-7-14)29-12(2)25/h4-11H,3H2,1-2H3,(H,23,26). The number of carbonyl (C=O) groups excluding carboxylic acids is 3. The van der Waals surface area contributed by atoms with Gasteiger partial charge in [0.25, 0.3) is 5.91 Å². The van der Waals surface area contributed by atoms with Gasteiger partial charge in [-0.25, -0.2) is 4.79 Å². The number of ether oxygens (including phenoxy) is 2. The molecule has 1 aromatic heterocycles. The van der Waals surface area contributed by atoms with Crippen LogP contribution < -0.4 is 10.1 Å². The van der Waals surface area contributed by atoms with E-state index >= 15 is 0 Å². The Hall–Kier alpha value is -3.65. The molecule has 1 heterocycles. The average Bonchev–Trinajstić information content (AvgIpc) is 3.12. The third-order valence-electron chi connectivity index (χ3n) is 3.89. The van der Waals surface area contributed by atoms with Crippen molar-refractivity contribution in [3.05, 3.63) is 64.7 Å². The molecule has 1 amide bonds. The minimum Gasteiger partial charge on any atom is -0.462 e. The Bertz CT molecular complexity index is 1070. The number of hydrogen-bond donors (Lipinski definition) is 1. The number of rotatable bonds is 6. The Labute approximate surface area is 176 Å². The fraction of sp³-hybridized carbons (Fsp3) is 0.143. The second kappa shape index (κ2) is 9.23. The number of anilines is 1. The van der Waals surface area contributed by atoms with Gasteiger partial charge in [-0.3, -0.25) is 14.9 Å². The van der Waals surface area contributed by atoms with Crippen LogP contribution in [0.15, 0.2) is 53.1 Å². The summed E-state index contributed by atoms with van der Waals surface area (Å²) >= 11 is 5.91. The molecular formula is C21H17ClN2O6. The summed E-state index contributed by atoms with van der Waals surface area (Å²) in [5.41, 5.74) is 1.03. The summed E-state index contributed by atoms with van der Waals surface area (Å²) in [5, 5.41) is 6.97. The molecular weight excluding hydrogens is 412 g/mol. The minimum atomic E-state index is -0.691. The average molecular weight is 429 g/mol. The predicted octanol–water partition coefficient (Wildman–Crippen LogP) is 4.35. The largest absolute Gasteiger partial charge is 0.462 e. The van der Waals surface area contributed by atoms with Gasteiger partial charge in [-0.2, -0.15) is 0 Å². The molecule has 9 heteroatoms. The summed E-state index contributed by atoms with van der Waals surface area (Å²) in [6.07, 6.45) is 0. The maximum Gasteiger partial charge on any atom is 0.346 e. The normalized spacial score (nSPS) is 10.4. The van der Waals surface area contributed by atoms with Gasteiger partial charge >= 0.3 is 11.9 Å². The van der Waals surface area contributed by atoms with Crippen molar-refractivity contribution in [1.29, 1.82) is 0 Å². The summed E-state index contributed by atoms with van der Waals surface area (Å²) < 4.78 is 15.3. The Kier molecular flexibility index (Phi) is 6.48. The molecule has 0 bridgehead atoms. The number of carbonyl (C=O) groups is 3. The van der Waals surface area contributed by atoms with Gasteiger partial charge in [0.05, 0.1) is 6.61 Å². The number of nitrogens with zero attached hydrogens (tertiary/aromatic N) is 1. The molecule has 0 aliphatic carbocycles. The van der Waals surface area contributed by atoms with Crippen molar-refractivity contribution in [3.63, 3.8) is 0 Å². The van der Waals surface area contributed by atoms with Crippen molar-refractivity contribution in [1.82, 2.24) is 5.16 Å². The van der Waals surface area contributed by atoms with Crippen LogP contribution in [-0.4, -0.2) is 29.6 Å². The molecule has 0 spiro atoms. The van der Waals surface area contributed by atoms with E-state index in [0.29, 0.717) is 16.3 Å². The second-order valence-electron chi connectivity index (χ2n) is 6.03. The van der Waals surface area contributed by atoms with Crippen molar-refractivity contribution in [2.45, 2.75) is 13.8 Å². The van der Waals surface area contributed by atoms with E-state index in [2.05, 4.69) is 10.5 Å². The van der Waals surface area contributed by atoms with Gasteiger partial charge in [0.15, 0.2) is 5.56 Å². The Morgan fingerprint density at radius 1 is 1.07 bits per heavy atom. The SMILES string of the molecule is CCOC(=O)c1c(-c2ccc(Cl)cc2)noc1NC(=O)c1ccc(OC(C)=O)cc1. The van der Waals surface area contributed by atoms with Crippen LogP contribution in [0.1, 0.15) is 34.6 Å². The molecule has 0 aliphatic rings. The summed E-state index contributed by atoms with van der Waals surface area (Å²) in [7, 11) is 0. The molecule has 3 rings (SSSR count). The first-order valence-electron chi connectivity index (χ1n) is 8.91. The topological polar surface area (TPSA) is 108 Å². The van der Waals surface area contributed by atoms with E-state index in [4.69, 9.17) is 25.6 Å². The highest BCUT2D eigenvalue weighted by Gasteiger charge is 2.27. The van der Waals surface area contributed by atoms with Gasteiger partial charge in [0.1, 0.15) is 11.4 Å². The van der Waals surface area contributed by atoms with Crippen molar-refractivity contribution >= 4 is 35.3 Å². The van der Waals surface area contributed by atoms with Crippen LogP contribution in [0.2, 0.25) is 5.02 Å². The van der Waals surface area contributed by atoms with E-state index in [1.165, 1.54) is 31.2 Å². The quantitative estimate of drug-likeness (QED) is 0.459. The summed E-state index contributed by atoms with van der Waals surface area (Å²) in [4.78, 5) is 36.1. The first kappa shape index (κ1) is 21.1. The molecule has 0 fully saturated rings. The predicted molar refractivity (Wildman–Crippen MR) is 109 cm³/mol. The van der Waals surface area contributed by atoms with Crippen LogP contribution >= 0.6 is 11.6 Å². The molecule has 0 unspecified atom stereocenters. The van der Waals surface area contributed by atoms with Crippen LogP contribution in [0.5, 0.6) is 5.75 Å². The molecule has 2 aromatic carbocycles. The number of hydrogen-bond acceptors (Lipinski definition) is 7. The molecule has 0 atom stereocenters. The Balaban J connectivity index is 1.89. The maximum atomic E-state index is 12.6. The molecule has 3 aromatic rings. The summed E-state index contributed by atoms with van der Waals surface area (Å²) in [6.45, 7) is 3.07. The Morgan fingerprint density at radius 3 is 2.33 bits per heavy atom. The van der Waals surface area contributed by atoms with Crippen molar-refractivity contribution in [2.24, 2.45) is 0 Å². The molecule has 0 saturated heterocycles.